The minimum Gasteiger partial charge on any atom is -0.366 e. The molecule has 0 amide bonds. The number of nitrogens with zero attached hydrogens (tertiary/aromatic N) is 2. The normalized spacial score (nSPS) is 22.1. The second-order valence-corrected chi connectivity index (χ2v) is 6.97. The van der Waals surface area contributed by atoms with E-state index in [1.165, 1.54) is 15.7 Å². The van der Waals surface area contributed by atoms with Gasteiger partial charge >= 0.3 is 0 Å². The Bertz CT molecular complexity index is 502. The summed E-state index contributed by atoms with van der Waals surface area (Å²) in [5, 5.41) is 8.87. The smallest absolute Gasteiger partial charge is 0.0624 e. The molecule has 1 aliphatic heterocycles. The Labute approximate surface area is 124 Å². The number of hydrogen-bond donors (Lipinski definition) is 0. The van der Waals surface area contributed by atoms with Gasteiger partial charge < -0.3 is 4.90 Å². The highest BCUT2D eigenvalue weighted by Crippen LogP contribution is 2.37. The van der Waals surface area contributed by atoms with E-state index in [-0.39, 0.29) is 5.54 Å². The molecule has 3 heteroatoms. The molecule has 2 rings (SSSR count). The molecule has 1 aromatic carbocycles. The highest BCUT2D eigenvalue weighted by molar-refractivity contribution is 9.10. The van der Waals surface area contributed by atoms with E-state index in [1.54, 1.807) is 0 Å². The first-order chi connectivity index (χ1) is 8.94. The molecular weight excluding hydrogens is 300 g/mol. The lowest BCUT2D eigenvalue weighted by atomic mass is 9.81. The second kappa shape index (κ2) is 5.54. The van der Waals surface area contributed by atoms with Gasteiger partial charge in [0, 0.05) is 28.7 Å². The Kier molecular flexibility index (Phi) is 4.20. The summed E-state index contributed by atoms with van der Waals surface area (Å²) in [5.41, 5.74) is 2.66. The van der Waals surface area contributed by atoms with Crippen molar-refractivity contribution in [3.8, 4) is 6.07 Å². The molecule has 1 aromatic rings. The first kappa shape index (κ1) is 14.4. The lowest BCUT2D eigenvalue weighted by Gasteiger charge is -2.47. The van der Waals surface area contributed by atoms with Crippen LogP contribution in [0.4, 0.5) is 5.69 Å². The number of benzene rings is 1. The SMILES string of the molecule is Cc1ccc(N2CCC(CC#N)CC2(C)C)cc1Br. The number of hydrogen-bond acceptors (Lipinski definition) is 2. The third kappa shape index (κ3) is 3.12. The fraction of sp³-hybridized carbons (Fsp3) is 0.562. The van der Waals surface area contributed by atoms with E-state index >= 15 is 0 Å². The minimum atomic E-state index is 0.120. The average Bonchev–Trinajstić information content (AvgIpc) is 2.32. The van der Waals surface area contributed by atoms with Gasteiger partial charge in [0.1, 0.15) is 0 Å². The number of halogens is 1. The predicted octanol–water partition coefficient (Wildman–Crippen LogP) is 4.67. The first-order valence-electron chi connectivity index (χ1n) is 6.85. The summed E-state index contributed by atoms with van der Waals surface area (Å²) in [6.07, 6.45) is 2.89. The van der Waals surface area contributed by atoms with Crippen LogP contribution in [0.25, 0.3) is 0 Å². The standard InChI is InChI=1S/C16H21BrN2/c1-12-4-5-14(10-15(12)17)19-9-7-13(6-8-18)11-16(19,2)3/h4-5,10,13H,6-7,9,11H2,1-3H3. The Morgan fingerprint density at radius 2 is 2.21 bits per heavy atom. The van der Waals surface area contributed by atoms with Crippen LogP contribution in [0.1, 0.15) is 38.7 Å². The largest absolute Gasteiger partial charge is 0.366 e. The molecule has 1 heterocycles. The minimum absolute atomic E-state index is 0.120. The van der Waals surface area contributed by atoms with Crippen LogP contribution in [-0.4, -0.2) is 12.1 Å². The van der Waals surface area contributed by atoms with Crippen LogP contribution in [0.2, 0.25) is 0 Å². The number of aryl methyl sites for hydroxylation is 1. The molecule has 102 valence electrons. The second-order valence-electron chi connectivity index (χ2n) is 6.12. The molecule has 2 nitrogen and oxygen atoms in total. The topological polar surface area (TPSA) is 27.0 Å². The van der Waals surface area contributed by atoms with Crippen molar-refractivity contribution in [2.75, 3.05) is 11.4 Å². The molecule has 0 radical (unpaired) electrons. The molecule has 0 aromatic heterocycles. The highest BCUT2D eigenvalue weighted by Gasteiger charge is 2.34. The molecule has 1 atom stereocenters. The molecule has 0 aliphatic carbocycles. The maximum atomic E-state index is 8.87. The zero-order valence-corrected chi connectivity index (χ0v) is 13.5. The van der Waals surface area contributed by atoms with E-state index in [4.69, 9.17) is 5.26 Å². The van der Waals surface area contributed by atoms with E-state index in [0.717, 1.165) is 19.4 Å². The molecular formula is C16H21BrN2. The summed E-state index contributed by atoms with van der Waals surface area (Å²) < 4.78 is 1.17. The van der Waals surface area contributed by atoms with Crippen molar-refractivity contribution in [1.82, 2.24) is 0 Å². The molecule has 1 unspecified atom stereocenters. The average molecular weight is 321 g/mol. The summed E-state index contributed by atoms with van der Waals surface area (Å²) in [7, 11) is 0. The van der Waals surface area contributed by atoms with Crippen LogP contribution in [0.15, 0.2) is 22.7 Å². The van der Waals surface area contributed by atoms with Gasteiger partial charge in [-0.15, -0.1) is 0 Å². The van der Waals surface area contributed by atoms with E-state index in [0.29, 0.717) is 12.3 Å². The highest BCUT2D eigenvalue weighted by atomic mass is 79.9. The molecule has 19 heavy (non-hydrogen) atoms. The first-order valence-corrected chi connectivity index (χ1v) is 7.64. The van der Waals surface area contributed by atoms with E-state index in [1.807, 2.05) is 0 Å². The van der Waals surface area contributed by atoms with Crippen molar-refractivity contribution in [1.29, 1.82) is 5.26 Å². The summed E-state index contributed by atoms with van der Waals surface area (Å²) >= 11 is 3.62. The summed E-state index contributed by atoms with van der Waals surface area (Å²) in [6.45, 7) is 7.71. The van der Waals surface area contributed by atoms with Crippen LogP contribution in [-0.2, 0) is 0 Å². The summed E-state index contributed by atoms with van der Waals surface area (Å²) in [6, 6.07) is 8.89. The van der Waals surface area contributed by atoms with Crippen molar-refractivity contribution in [2.24, 2.45) is 5.92 Å². The summed E-state index contributed by atoms with van der Waals surface area (Å²) in [4.78, 5) is 2.48. The van der Waals surface area contributed by atoms with Gasteiger partial charge in [-0.25, -0.2) is 0 Å². The maximum Gasteiger partial charge on any atom is 0.0624 e. The quantitative estimate of drug-likeness (QED) is 0.792. The van der Waals surface area contributed by atoms with Gasteiger partial charge in [0.2, 0.25) is 0 Å². The number of nitriles is 1. The van der Waals surface area contributed by atoms with Gasteiger partial charge in [0.05, 0.1) is 6.07 Å². The van der Waals surface area contributed by atoms with Crippen LogP contribution in [0.5, 0.6) is 0 Å². The van der Waals surface area contributed by atoms with Crippen LogP contribution >= 0.6 is 15.9 Å². The number of piperidine rings is 1. The molecule has 1 aliphatic rings. The Morgan fingerprint density at radius 1 is 1.47 bits per heavy atom. The summed E-state index contributed by atoms with van der Waals surface area (Å²) in [5.74, 6) is 0.546. The monoisotopic (exact) mass is 320 g/mol. The Morgan fingerprint density at radius 3 is 2.79 bits per heavy atom. The Hall–Kier alpha value is -1.01. The van der Waals surface area contributed by atoms with Crippen molar-refractivity contribution in [3.63, 3.8) is 0 Å². The molecule has 0 bridgehead atoms. The van der Waals surface area contributed by atoms with Crippen molar-refractivity contribution in [3.05, 3.63) is 28.2 Å². The van der Waals surface area contributed by atoms with Gasteiger partial charge in [-0.1, -0.05) is 22.0 Å². The number of anilines is 1. The van der Waals surface area contributed by atoms with E-state index in [9.17, 15) is 0 Å². The zero-order chi connectivity index (χ0) is 14.0. The fourth-order valence-electron chi connectivity index (χ4n) is 3.06. The van der Waals surface area contributed by atoms with Gasteiger partial charge in [-0.2, -0.15) is 5.26 Å². The lowest BCUT2D eigenvalue weighted by molar-refractivity contribution is 0.277. The van der Waals surface area contributed by atoms with Crippen LogP contribution < -0.4 is 4.90 Å². The van der Waals surface area contributed by atoms with Gasteiger partial charge in [0.15, 0.2) is 0 Å². The zero-order valence-electron chi connectivity index (χ0n) is 11.9. The van der Waals surface area contributed by atoms with E-state index < -0.39 is 0 Å². The molecule has 1 saturated heterocycles. The van der Waals surface area contributed by atoms with Gasteiger partial charge in [0.25, 0.3) is 0 Å². The molecule has 0 N–H and O–H groups in total. The molecule has 0 saturated carbocycles. The van der Waals surface area contributed by atoms with Crippen molar-refractivity contribution < 1.29 is 0 Å². The van der Waals surface area contributed by atoms with Crippen molar-refractivity contribution >= 4 is 21.6 Å². The third-order valence-electron chi connectivity index (χ3n) is 4.13. The van der Waals surface area contributed by atoms with Crippen LogP contribution in [0, 0.1) is 24.2 Å². The Balaban J connectivity index is 2.21. The molecule has 0 spiro atoms. The van der Waals surface area contributed by atoms with Crippen molar-refractivity contribution in [2.45, 2.75) is 45.6 Å². The number of rotatable bonds is 2. The fourth-order valence-corrected chi connectivity index (χ4v) is 3.43. The van der Waals surface area contributed by atoms with Gasteiger partial charge in [-0.3, -0.25) is 0 Å². The molecule has 1 fully saturated rings. The van der Waals surface area contributed by atoms with Crippen LogP contribution in [0.3, 0.4) is 0 Å². The van der Waals surface area contributed by atoms with E-state index in [2.05, 4.69) is 65.9 Å². The lowest BCUT2D eigenvalue weighted by Crippen LogP contribution is -2.50. The van der Waals surface area contributed by atoms with Gasteiger partial charge in [-0.05, 0) is 57.2 Å². The third-order valence-corrected chi connectivity index (χ3v) is 4.98. The predicted molar refractivity (Wildman–Crippen MR) is 83.3 cm³/mol. The maximum absolute atomic E-state index is 8.87.